The molecule has 0 bridgehead atoms. The van der Waals surface area contributed by atoms with Gasteiger partial charge in [-0.2, -0.15) is 5.26 Å². The van der Waals surface area contributed by atoms with Gasteiger partial charge in [-0.05, 0) is 31.5 Å². The maximum Gasteiger partial charge on any atom is 0.256 e. The molecule has 0 spiro atoms. The van der Waals surface area contributed by atoms with Crippen LogP contribution in [0.2, 0.25) is 0 Å². The summed E-state index contributed by atoms with van der Waals surface area (Å²) in [4.78, 5) is 12.3. The van der Waals surface area contributed by atoms with Gasteiger partial charge in [-0.3, -0.25) is 4.79 Å². The Kier molecular flexibility index (Phi) is 5.53. The van der Waals surface area contributed by atoms with Gasteiger partial charge < -0.3 is 14.8 Å². The summed E-state index contributed by atoms with van der Waals surface area (Å²) in [6.07, 6.45) is 1.46. The lowest BCUT2D eigenvalue weighted by molar-refractivity contribution is -0.136. The van der Waals surface area contributed by atoms with E-state index in [-0.39, 0.29) is 5.91 Å². The van der Waals surface area contributed by atoms with Crippen LogP contribution in [-0.4, -0.2) is 25.7 Å². The van der Waals surface area contributed by atoms with E-state index in [2.05, 4.69) is 5.32 Å². The Hall–Kier alpha value is -2.06. The number of methoxy groups -OCH3 is 2. The van der Waals surface area contributed by atoms with Crippen LogP contribution < -0.4 is 10.1 Å². The van der Waals surface area contributed by atoms with Gasteiger partial charge in [-0.25, -0.2) is 0 Å². The molecule has 0 fully saturated rings. The van der Waals surface area contributed by atoms with E-state index in [4.69, 9.17) is 14.7 Å². The highest BCUT2D eigenvalue weighted by Gasteiger charge is 2.32. The minimum atomic E-state index is -0.874. The summed E-state index contributed by atoms with van der Waals surface area (Å²) < 4.78 is 10.4. The molecule has 5 heteroatoms. The van der Waals surface area contributed by atoms with Gasteiger partial charge in [0.1, 0.15) is 17.4 Å². The number of nitrogens with zero attached hydrogens (tertiary/aromatic N) is 1. The first-order valence-electron chi connectivity index (χ1n) is 6.45. The molecule has 1 aromatic rings. The predicted octanol–water partition coefficient (Wildman–Crippen LogP) is 2.71. The number of anilines is 1. The van der Waals surface area contributed by atoms with Crippen LogP contribution in [0.4, 0.5) is 5.69 Å². The average molecular weight is 276 g/mol. The van der Waals surface area contributed by atoms with E-state index in [1.165, 1.54) is 14.2 Å². The quantitative estimate of drug-likeness (QED) is 0.867. The van der Waals surface area contributed by atoms with Crippen LogP contribution in [0.15, 0.2) is 18.2 Å². The highest BCUT2D eigenvalue weighted by molar-refractivity contribution is 5.97. The standard InChI is InChI=1S/C15H20N2O3/c1-5-8-15(2,20-4)14(18)17-12-6-7-13(19-3)11(9-12)10-16/h6-7,9H,5,8H2,1-4H3,(H,17,18). The highest BCUT2D eigenvalue weighted by Crippen LogP contribution is 2.24. The fourth-order valence-corrected chi connectivity index (χ4v) is 1.92. The Bertz CT molecular complexity index is 522. The Labute approximate surface area is 119 Å². The molecule has 1 atom stereocenters. The van der Waals surface area contributed by atoms with Gasteiger partial charge in [0.15, 0.2) is 0 Å². The third kappa shape index (κ3) is 3.49. The molecule has 0 radical (unpaired) electrons. The summed E-state index contributed by atoms with van der Waals surface area (Å²) in [6, 6.07) is 6.96. The van der Waals surface area contributed by atoms with Crippen molar-refractivity contribution in [2.45, 2.75) is 32.3 Å². The van der Waals surface area contributed by atoms with Crippen molar-refractivity contribution in [2.75, 3.05) is 19.5 Å². The van der Waals surface area contributed by atoms with Crippen molar-refractivity contribution in [2.24, 2.45) is 0 Å². The van der Waals surface area contributed by atoms with Gasteiger partial charge in [0.2, 0.25) is 0 Å². The smallest absolute Gasteiger partial charge is 0.256 e. The molecule has 0 heterocycles. The van der Waals surface area contributed by atoms with Gasteiger partial charge in [-0.1, -0.05) is 13.3 Å². The van der Waals surface area contributed by atoms with Crippen molar-refractivity contribution >= 4 is 11.6 Å². The molecule has 1 unspecified atom stereocenters. The van der Waals surface area contributed by atoms with Crippen LogP contribution in [0.1, 0.15) is 32.3 Å². The Balaban J connectivity index is 2.94. The van der Waals surface area contributed by atoms with Crippen molar-refractivity contribution in [3.63, 3.8) is 0 Å². The number of rotatable bonds is 6. The molecule has 1 N–H and O–H groups in total. The molecular weight excluding hydrogens is 256 g/mol. The lowest BCUT2D eigenvalue weighted by Gasteiger charge is -2.26. The Morgan fingerprint density at radius 2 is 2.15 bits per heavy atom. The summed E-state index contributed by atoms with van der Waals surface area (Å²) in [7, 11) is 3.02. The molecule has 0 saturated heterocycles. The van der Waals surface area contributed by atoms with Crippen molar-refractivity contribution < 1.29 is 14.3 Å². The monoisotopic (exact) mass is 276 g/mol. The molecule has 0 aliphatic carbocycles. The van der Waals surface area contributed by atoms with E-state index in [0.717, 1.165) is 6.42 Å². The topological polar surface area (TPSA) is 71.3 Å². The van der Waals surface area contributed by atoms with E-state index in [1.54, 1.807) is 25.1 Å². The Morgan fingerprint density at radius 1 is 1.45 bits per heavy atom. The predicted molar refractivity (Wildman–Crippen MR) is 76.7 cm³/mol. The largest absolute Gasteiger partial charge is 0.495 e. The normalized spacial score (nSPS) is 13.2. The maximum atomic E-state index is 12.3. The third-order valence-corrected chi connectivity index (χ3v) is 3.24. The number of hydrogen-bond acceptors (Lipinski definition) is 4. The number of amides is 1. The van der Waals surface area contributed by atoms with Gasteiger partial charge in [0, 0.05) is 12.8 Å². The summed E-state index contributed by atoms with van der Waals surface area (Å²) >= 11 is 0. The number of nitrogens with one attached hydrogen (secondary N) is 1. The van der Waals surface area contributed by atoms with Crippen LogP contribution in [-0.2, 0) is 9.53 Å². The molecule has 108 valence electrons. The number of carbonyl (C=O) groups excluding carboxylic acids is 1. The molecule has 0 aliphatic rings. The van der Waals surface area contributed by atoms with Crippen LogP contribution in [0, 0.1) is 11.3 Å². The molecule has 0 saturated carbocycles. The van der Waals surface area contributed by atoms with Gasteiger partial charge in [0.05, 0.1) is 12.7 Å². The second kappa shape index (κ2) is 6.92. The van der Waals surface area contributed by atoms with E-state index in [0.29, 0.717) is 23.4 Å². The zero-order chi connectivity index (χ0) is 15.2. The highest BCUT2D eigenvalue weighted by atomic mass is 16.5. The first-order chi connectivity index (χ1) is 9.50. The van der Waals surface area contributed by atoms with Gasteiger partial charge in [-0.15, -0.1) is 0 Å². The van der Waals surface area contributed by atoms with E-state index < -0.39 is 5.60 Å². The zero-order valence-corrected chi connectivity index (χ0v) is 12.3. The number of benzene rings is 1. The van der Waals surface area contributed by atoms with Crippen molar-refractivity contribution in [3.8, 4) is 11.8 Å². The zero-order valence-electron chi connectivity index (χ0n) is 12.3. The van der Waals surface area contributed by atoms with Crippen LogP contribution in [0.3, 0.4) is 0 Å². The lowest BCUT2D eigenvalue weighted by Crippen LogP contribution is -2.41. The fraction of sp³-hybridized carbons (Fsp3) is 0.467. The van der Waals surface area contributed by atoms with Crippen molar-refractivity contribution in [3.05, 3.63) is 23.8 Å². The molecule has 5 nitrogen and oxygen atoms in total. The van der Waals surface area contributed by atoms with Crippen LogP contribution in [0.5, 0.6) is 5.75 Å². The van der Waals surface area contributed by atoms with E-state index >= 15 is 0 Å². The second-order valence-corrected chi connectivity index (χ2v) is 4.67. The molecule has 0 aliphatic heterocycles. The summed E-state index contributed by atoms with van der Waals surface area (Å²) in [5.74, 6) is 0.254. The van der Waals surface area contributed by atoms with Crippen molar-refractivity contribution in [1.82, 2.24) is 0 Å². The van der Waals surface area contributed by atoms with Gasteiger partial charge >= 0.3 is 0 Å². The number of hydrogen-bond donors (Lipinski definition) is 1. The molecule has 1 amide bonds. The summed E-state index contributed by atoms with van der Waals surface area (Å²) in [5.41, 5.74) is 0.0493. The number of carbonyl (C=O) groups is 1. The first-order valence-corrected chi connectivity index (χ1v) is 6.45. The SMILES string of the molecule is CCCC(C)(OC)C(=O)Nc1ccc(OC)c(C#N)c1. The fourth-order valence-electron chi connectivity index (χ4n) is 1.92. The summed E-state index contributed by atoms with van der Waals surface area (Å²) in [6.45, 7) is 3.74. The molecule has 1 rings (SSSR count). The first kappa shape index (κ1) is 16.0. The minimum absolute atomic E-state index is 0.226. The van der Waals surface area contributed by atoms with Crippen LogP contribution in [0.25, 0.3) is 0 Å². The molecule has 0 aromatic heterocycles. The van der Waals surface area contributed by atoms with Crippen LogP contribution >= 0.6 is 0 Å². The minimum Gasteiger partial charge on any atom is -0.495 e. The molecular formula is C15H20N2O3. The number of nitriles is 1. The third-order valence-electron chi connectivity index (χ3n) is 3.24. The van der Waals surface area contributed by atoms with E-state index in [1.807, 2.05) is 13.0 Å². The lowest BCUT2D eigenvalue weighted by atomic mass is 9.99. The Morgan fingerprint density at radius 3 is 2.65 bits per heavy atom. The summed E-state index contributed by atoms with van der Waals surface area (Å²) in [5, 5.41) is 11.8. The molecule has 20 heavy (non-hydrogen) atoms. The van der Waals surface area contributed by atoms with Crippen molar-refractivity contribution in [1.29, 1.82) is 5.26 Å². The average Bonchev–Trinajstić information content (AvgIpc) is 2.47. The van der Waals surface area contributed by atoms with Gasteiger partial charge in [0.25, 0.3) is 5.91 Å². The number of ether oxygens (including phenoxy) is 2. The maximum absolute atomic E-state index is 12.3. The second-order valence-electron chi connectivity index (χ2n) is 4.67. The molecule has 1 aromatic carbocycles. The van der Waals surface area contributed by atoms with E-state index in [9.17, 15) is 4.79 Å².